The highest BCUT2D eigenvalue weighted by molar-refractivity contribution is 5.92. The SMILES string of the molecule is COCc1cc(C(=O)N(C)CCC(=O)O)no1. The predicted octanol–water partition coefficient (Wildman–Crippen LogP) is 0.368. The number of carbonyl (C=O) groups is 2. The number of hydrogen-bond acceptors (Lipinski definition) is 5. The zero-order valence-electron chi connectivity index (χ0n) is 9.67. The van der Waals surface area contributed by atoms with Crippen LogP contribution in [0.25, 0.3) is 0 Å². The Morgan fingerprint density at radius 3 is 2.88 bits per heavy atom. The van der Waals surface area contributed by atoms with Gasteiger partial charge in [0, 0.05) is 26.8 Å². The second-order valence-electron chi connectivity index (χ2n) is 3.48. The van der Waals surface area contributed by atoms with Crippen molar-refractivity contribution in [3.63, 3.8) is 0 Å². The van der Waals surface area contributed by atoms with E-state index in [1.54, 1.807) is 0 Å². The van der Waals surface area contributed by atoms with Crippen molar-refractivity contribution >= 4 is 11.9 Å². The molecule has 0 fully saturated rings. The van der Waals surface area contributed by atoms with Gasteiger partial charge in [-0.3, -0.25) is 9.59 Å². The van der Waals surface area contributed by atoms with E-state index in [0.717, 1.165) is 0 Å². The first-order valence-electron chi connectivity index (χ1n) is 4.96. The van der Waals surface area contributed by atoms with Gasteiger partial charge >= 0.3 is 5.97 Å². The van der Waals surface area contributed by atoms with E-state index in [-0.39, 0.29) is 31.2 Å². The number of aliphatic carboxylic acids is 1. The number of methoxy groups -OCH3 is 1. The van der Waals surface area contributed by atoms with E-state index in [1.807, 2.05) is 0 Å². The largest absolute Gasteiger partial charge is 0.481 e. The summed E-state index contributed by atoms with van der Waals surface area (Å²) in [5, 5.41) is 12.1. The van der Waals surface area contributed by atoms with Crippen molar-refractivity contribution in [2.24, 2.45) is 0 Å². The monoisotopic (exact) mass is 242 g/mol. The second-order valence-corrected chi connectivity index (χ2v) is 3.48. The number of nitrogens with zero attached hydrogens (tertiary/aromatic N) is 2. The Kier molecular flexibility index (Phi) is 4.65. The van der Waals surface area contributed by atoms with Crippen molar-refractivity contribution in [3.8, 4) is 0 Å². The molecule has 0 aliphatic heterocycles. The number of carboxylic acid groups (broad SMARTS) is 1. The summed E-state index contributed by atoms with van der Waals surface area (Å²) in [5.41, 5.74) is 0.143. The molecule has 17 heavy (non-hydrogen) atoms. The van der Waals surface area contributed by atoms with Crippen molar-refractivity contribution in [1.29, 1.82) is 0 Å². The normalized spacial score (nSPS) is 10.2. The number of carbonyl (C=O) groups excluding carboxylic acids is 1. The number of carboxylic acids is 1. The molecule has 1 N–H and O–H groups in total. The molecule has 94 valence electrons. The number of aromatic nitrogens is 1. The van der Waals surface area contributed by atoms with Crippen LogP contribution in [0.2, 0.25) is 0 Å². The van der Waals surface area contributed by atoms with Crippen LogP contribution in [-0.2, 0) is 16.1 Å². The van der Waals surface area contributed by atoms with Gasteiger partial charge in [-0.2, -0.15) is 0 Å². The molecule has 1 amide bonds. The summed E-state index contributed by atoms with van der Waals surface area (Å²) < 4.78 is 9.69. The van der Waals surface area contributed by atoms with Gasteiger partial charge < -0.3 is 19.3 Å². The van der Waals surface area contributed by atoms with E-state index >= 15 is 0 Å². The summed E-state index contributed by atoms with van der Waals surface area (Å²) in [5.74, 6) is -0.885. The average molecular weight is 242 g/mol. The van der Waals surface area contributed by atoms with Gasteiger partial charge in [-0.05, 0) is 0 Å². The van der Waals surface area contributed by atoms with Gasteiger partial charge in [-0.25, -0.2) is 0 Å². The van der Waals surface area contributed by atoms with E-state index < -0.39 is 5.97 Å². The molecule has 0 bridgehead atoms. The van der Waals surface area contributed by atoms with E-state index in [9.17, 15) is 9.59 Å². The Morgan fingerprint density at radius 2 is 2.29 bits per heavy atom. The molecule has 0 atom stereocenters. The summed E-state index contributed by atoms with van der Waals surface area (Å²) in [7, 11) is 3.01. The Morgan fingerprint density at radius 1 is 1.59 bits per heavy atom. The molecule has 1 aromatic rings. The van der Waals surface area contributed by atoms with Crippen molar-refractivity contribution in [2.45, 2.75) is 13.0 Å². The highest BCUT2D eigenvalue weighted by Crippen LogP contribution is 2.07. The quantitative estimate of drug-likeness (QED) is 0.774. The molecule has 0 aliphatic rings. The van der Waals surface area contributed by atoms with Gasteiger partial charge in [0.15, 0.2) is 11.5 Å². The summed E-state index contributed by atoms with van der Waals surface area (Å²) in [4.78, 5) is 23.4. The second kappa shape index (κ2) is 6.00. The lowest BCUT2D eigenvalue weighted by Gasteiger charge is -2.13. The lowest BCUT2D eigenvalue weighted by molar-refractivity contribution is -0.137. The molecule has 0 saturated heterocycles. The number of amides is 1. The number of hydrogen-bond donors (Lipinski definition) is 1. The van der Waals surface area contributed by atoms with Crippen LogP contribution >= 0.6 is 0 Å². The maximum Gasteiger partial charge on any atom is 0.305 e. The van der Waals surface area contributed by atoms with E-state index in [0.29, 0.717) is 5.76 Å². The van der Waals surface area contributed by atoms with Crippen LogP contribution in [0.5, 0.6) is 0 Å². The molecule has 0 spiro atoms. The summed E-state index contributed by atoms with van der Waals surface area (Å²) in [6, 6.07) is 1.48. The van der Waals surface area contributed by atoms with Gasteiger partial charge in [0.25, 0.3) is 5.91 Å². The van der Waals surface area contributed by atoms with Gasteiger partial charge in [0.05, 0.1) is 6.42 Å². The highest BCUT2D eigenvalue weighted by Gasteiger charge is 2.17. The fourth-order valence-electron chi connectivity index (χ4n) is 1.18. The molecule has 0 aromatic carbocycles. The third kappa shape index (κ3) is 3.87. The third-order valence-corrected chi connectivity index (χ3v) is 2.07. The zero-order chi connectivity index (χ0) is 12.8. The number of rotatable bonds is 6. The first kappa shape index (κ1) is 13.2. The maximum absolute atomic E-state index is 11.7. The first-order valence-corrected chi connectivity index (χ1v) is 4.96. The zero-order valence-corrected chi connectivity index (χ0v) is 9.67. The van der Waals surface area contributed by atoms with Crippen molar-refractivity contribution in [2.75, 3.05) is 20.7 Å². The van der Waals surface area contributed by atoms with Crippen molar-refractivity contribution < 1.29 is 24.0 Å². The highest BCUT2D eigenvalue weighted by atomic mass is 16.5. The Bertz CT molecular complexity index is 401. The van der Waals surface area contributed by atoms with Crippen LogP contribution in [0.4, 0.5) is 0 Å². The molecule has 7 nitrogen and oxygen atoms in total. The average Bonchev–Trinajstić information content (AvgIpc) is 2.74. The minimum atomic E-state index is -0.954. The fourth-order valence-corrected chi connectivity index (χ4v) is 1.18. The van der Waals surface area contributed by atoms with E-state index in [1.165, 1.54) is 25.1 Å². The van der Waals surface area contributed by atoms with Crippen LogP contribution in [0.3, 0.4) is 0 Å². The summed E-state index contributed by atoms with van der Waals surface area (Å²) in [6.45, 7) is 0.361. The van der Waals surface area contributed by atoms with Crippen molar-refractivity contribution in [1.82, 2.24) is 10.1 Å². The molecule has 7 heteroatoms. The predicted molar refractivity (Wildman–Crippen MR) is 56.4 cm³/mol. The molecule has 0 aliphatic carbocycles. The molecule has 1 rings (SSSR count). The lowest BCUT2D eigenvalue weighted by Crippen LogP contribution is -2.29. The molecule has 1 aromatic heterocycles. The summed E-state index contributed by atoms with van der Waals surface area (Å²) in [6.07, 6.45) is -0.106. The minimum absolute atomic E-state index is 0.106. The summed E-state index contributed by atoms with van der Waals surface area (Å²) >= 11 is 0. The minimum Gasteiger partial charge on any atom is -0.481 e. The molecule has 0 radical (unpaired) electrons. The lowest BCUT2D eigenvalue weighted by atomic mass is 10.3. The molecular formula is C10H14N2O5. The molecule has 0 unspecified atom stereocenters. The van der Waals surface area contributed by atoms with Crippen molar-refractivity contribution in [3.05, 3.63) is 17.5 Å². The van der Waals surface area contributed by atoms with Crippen LogP contribution < -0.4 is 0 Å². The molecule has 0 saturated carbocycles. The van der Waals surface area contributed by atoms with Gasteiger partial charge in [0.2, 0.25) is 0 Å². The topological polar surface area (TPSA) is 92.9 Å². The van der Waals surface area contributed by atoms with Crippen LogP contribution in [0.1, 0.15) is 22.7 Å². The standard InChI is InChI=1S/C10H14N2O5/c1-12(4-3-9(13)14)10(15)8-5-7(6-16-2)17-11-8/h5H,3-4,6H2,1-2H3,(H,13,14). The fraction of sp³-hybridized carbons (Fsp3) is 0.500. The van der Waals surface area contributed by atoms with Crippen LogP contribution in [0, 0.1) is 0 Å². The Hall–Kier alpha value is -1.89. The first-order chi connectivity index (χ1) is 8.04. The van der Waals surface area contributed by atoms with Gasteiger partial charge in [0.1, 0.15) is 6.61 Å². The smallest absolute Gasteiger partial charge is 0.305 e. The molecular weight excluding hydrogens is 228 g/mol. The van der Waals surface area contributed by atoms with Gasteiger partial charge in [-0.15, -0.1) is 0 Å². The number of ether oxygens (including phenoxy) is 1. The maximum atomic E-state index is 11.7. The van der Waals surface area contributed by atoms with Crippen LogP contribution in [-0.4, -0.2) is 47.7 Å². The Labute approximate surface area is 97.9 Å². The third-order valence-electron chi connectivity index (χ3n) is 2.07. The Balaban J connectivity index is 2.58. The molecule has 1 heterocycles. The van der Waals surface area contributed by atoms with E-state index in [4.69, 9.17) is 14.4 Å². The van der Waals surface area contributed by atoms with E-state index in [2.05, 4.69) is 5.16 Å². The van der Waals surface area contributed by atoms with Gasteiger partial charge in [-0.1, -0.05) is 5.16 Å². The van der Waals surface area contributed by atoms with Crippen LogP contribution in [0.15, 0.2) is 10.6 Å².